The molecule has 2 saturated carbocycles. The summed E-state index contributed by atoms with van der Waals surface area (Å²) in [6.07, 6.45) is 15.3. The van der Waals surface area contributed by atoms with Gasteiger partial charge in [-0.15, -0.1) is 0 Å². The fraction of sp³-hybridized carbons (Fsp3) is 0.780. The molecule has 2 fully saturated rings. The van der Waals surface area contributed by atoms with Crippen molar-refractivity contribution >= 4 is 22.6 Å². The second-order valence-electron chi connectivity index (χ2n) is 18.5. The van der Waals surface area contributed by atoms with E-state index in [-0.39, 0.29) is 34.2 Å². The first kappa shape index (κ1) is 41.2. The largest absolute Gasteiger partial charge is 0.458 e. The number of allylic oxidation sites excluding steroid dienone is 5. The summed E-state index contributed by atoms with van der Waals surface area (Å²) in [7, 11) is -4.57. The molecule has 3 rings (SSSR count). The number of carbonyl (C=O) groups is 1. The second kappa shape index (κ2) is 14.8. The molecular weight excluding hydrogens is 629 g/mol. The van der Waals surface area contributed by atoms with Crippen LogP contribution in [0.15, 0.2) is 47.1 Å². The Morgan fingerprint density at radius 3 is 2.12 bits per heavy atom. The predicted octanol–water partition coefficient (Wildman–Crippen LogP) is 12.0. The Kier molecular flexibility index (Phi) is 12.7. The minimum absolute atomic E-state index is 0.0218. The fourth-order valence-electron chi connectivity index (χ4n) is 7.29. The lowest BCUT2D eigenvalue weighted by molar-refractivity contribution is -0.219. The van der Waals surface area contributed by atoms with E-state index in [1.807, 2.05) is 6.92 Å². The molecule has 0 aromatic heterocycles. The van der Waals surface area contributed by atoms with Crippen molar-refractivity contribution in [1.82, 2.24) is 0 Å². The van der Waals surface area contributed by atoms with E-state index in [0.717, 1.165) is 43.3 Å². The highest BCUT2D eigenvalue weighted by Gasteiger charge is 2.52. The third kappa shape index (κ3) is 8.96. The van der Waals surface area contributed by atoms with Gasteiger partial charge in [0.15, 0.2) is 22.4 Å². The summed E-state index contributed by atoms with van der Waals surface area (Å²) in [6, 6.07) is 0. The van der Waals surface area contributed by atoms with Crippen molar-refractivity contribution in [2.75, 3.05) is 6.61 Å². The van der Waals surface area contributed by atoms with Gasteiger partial charge >= 0.3 is 5.97 Å². The molecule has 0 N–H and O–H groups in total. The van der Waals surface area contributed by atoms with Crippen molar-refractivity contribution in [3.8, 4) is 0 Å². The van der Waals surface area contributed by atoms with Gasteiger partial charge in [0.05, 0.1) is 6.10 Å². The standard InChI is InChI=1S/C41H72O5Si2/c1-17-33-24-25-34-31(21-20-26-40(33,34)12)22-23-32-27-41(46-48(15,16)38(8,9)10,43-29-36(42)44-39(11,18-2)19-3)28-35(30(32)4)45-47(13,14)37(5,6)7/h22-24,34-35H,4,17-21,25-29H2,1-3,5-16H3/t34-,35-,40+,41+/m0/s1. The van der Waals surface area contributed by atoms with E-state index in [2.05, 4.69) is 120 Å². The van der Waals surface area contributed by atoms with Gasteiger partial charge in [-0.1, -0.05) is 105 Å². The molecule has 3 aliphatic rings. The average molecular weight is 701 g/mol. The smallest absolute Gasteiger partial charge is 0.332 e. The Morgan fingerprint density at radius 1 is 0.979 bits per heavy atom. The van der Waals surface area contributed by atoms with Crippen molar-refractivity contribution in [1.29, 1.82) is 0 Å². The van der Waals surface area contributed by atoms with Crippen molar-refractivity contribution in [2.24, 2.45) is 11.3 Å². The molecule has 48 heavy (non-hydrogen) atoms. The topological polar surface area (TPSA) is 54.0 Å². The number of esters is 1. The number of carbonyl (C=O) groups excluding carboxylic acids is 1. The van der Waals surface area contributed by atoms with Crippen LogP contribution in [0.25, 0.3) is 0 Å². The van der Waals surface area contributed by atoms with Gasteiger partial charge in [0.25, 0.3) is 0 Å². The normalized spacial score (nSPS) is 29.3. The summed E-state index contributed by atoms with van der Waals surface area (Å²) < 4.78 is 27.3. The predicted molar refractivity (Wildman–Crippen MR) is 207 cm³/mol. The number of rotatable bonds is 12. The minimum Gasteiger partial charge on any atom is -0.458 e. The molecule has 7 heteroatoms. The van der Waals surface area contributed by atoms with Crippen molar-refractivity contribution in [3.63, 3.8) is 0 Å². The number of hydrogen-bond acceptors (Lipinski definition) is 5. The zero-order valence-corrected chi connectivity index (χ0v) is 35.7. The third-order valence-corrected chi connectivity index (χ3v) is 22.1. The van der Waals surface area contributed by atoms with Crippen LogP contribution in [-0.4, -0.2) is 46.7 Å². The molecule has 0 amide bonds. The van der Waals surface area contributed by atoms with E-state index in [4.69, 9.17) is 18.3 Å². The molecular formula is C41H72O5Si2. The molecule has 4 atom stereocenters. The van der Waals surface area contributed by atoms with Crippen molar-refractivity contribution < 1.29 is 23.1 Å². The summed E-state index contributed by atoms with van der Waals surface area (Å²) in [5.74, 6) is -0.832. The maximum absolute atomic E-state index is 13.4. The van der Waals surface area contributed by atoms with Gasteiger partial charge in [0.2, 0.25) is 0 Å². The Balaban J connectivity index is 2.11. The second-order valence-corrected chi connectivity index (χ2v) is 28.0. The van der Waals surface area contributed by atoms with Gasteiger partial charge in [-0.2, -0.15) is 0 Å². The molecule has 0 aromatic carbocycles. The van der Waals surface area contributed by atoms with Crippen LogP contribution in [0.4, 0.5) is 0 Å². The van der Waals surface area contributed by atoms with Crippen molar-refractivity contribution in [3.05, 3.63) is 47.1 Å². The fourth-order valence-corrected chi connectivity index (χ4v) is 10.0. The zero-order chi connectivity index (χ0) is 36.6. The molecule has 0 bridgehead atoms. The van der Waals surface area contributed by atoms with Crippen LogP contribution in [0.1, 0.15) is 134 Å². The first-order valence-electron chi connectivity index (χ1n) is 18.9. The lowest BCUT2D eigenvalue weighted by atomic mass is 9.64. The van der Waals surface area contributed by atoms with E-state index in [9.17, 15) is 4.79 Å². The first-order valence-corrected chi connectivity index (χ1v) is 24.7. The van der Waals surface area contributed by atoms with E-state index in [1.54, 1.807) is 5.57 Å². The van der Waals surface area contributed by atoms with Crippen LogP contribution >= 0.6 is 0 Å². The highest BCUT2D eigenvalue weighted by molar-refractivity contribution is 6.74. The van der Waals surface area contributed by atoms with Crippen LogP contribution in [0.3, 0.4) is 0 Å². The Morgan fingerprint density at radius 2 is 1.58 bits per heavy atom. The third-order valence-electron chi connectivity index (χ3n) is 13.1. The molecule has 0 unspecified atom stereocenters. The van der Waals surface area contributed by atoms with Crippen LogP contribution < -0.4 is 0 Å². The molecule has 0 heterocycles. The molecule has 0 spiro atoms. The van der Waals surface area contributed by atoms with Gasteiger partial charge in [-0.05, 0) is 111 Å². The number of fused-ring (bicyclic) bond motifs is 1. The first-order chi connectivity index (χ1) is 21.9. The van der Waals surface area contributed by atoms with E-state index in [1.165, 1.54) is 18.4 Å². The molecule has 0 radical (unpaired) electrons. The zero-order valence-electron chi connectivity index (χ0n) is 33.7. The molecule has 0 aromatic rings. The Labute approximate surface area is 297 Å². The number of hydrogen-bond donors (Lipinski definition) is 0. The molecule has 3 aliphatic carbocycles. The van der Waals surface area contributed by atoms with Gasteiger partial charge in [0, 0.05) is 12.8 Å². The monoisotopic (exact) mass is 700 g/mol. The average Bonchev–Trinajstić information content (AvgIpc) is 3.32. The SMILES string of the molecule is C=C1C(=CC=C2CCC[C@]3(C)C(CC)=CC[C@@H]23)C[C@@](OCC(=O)OC(C)(CC)CC)(O[Si](C)(C)C(C)(C)C)C[C@@H]1O[Si](C)(C)C(C)(C)C. The van der Waals surface area contributed by atoms with Crippen LogP contribution in [0.2, 0.25) is 36.3 Å². The Hall–Kier alpha value is -1.26. The summed E-state index contributed by atoms with van der Waals surface area (Å²) >= 11 is 0. The maximum Gasteiger partial charge on any atom is 0.332 e. The van der Waals surface area contributed by atoms with Crippen molar-refractivity contribution in [2.45, 2.75) is 188 Å². The highest BCUT2D eigenvalue weighted by atomic mass is 28.4. The number of ether oxygens (including phenoxy) is 2. The van der Waals surface area contributed by atoms with E-state index < -0.39 is 28.0 Å². The van der Waals surface area contributed by atoms with E-state index in [0.29, 0.717) is 18.8 Å². The lowest BCUT2D eigenvalue weighted by Crippen LogP contribution is -2.56. The summed E-state index contributed by atoms with van der Waals surface area (Å²) in [5.41, 5.74) is 5.03. The van der Waals surface area contributed by atoms with Gasteiger partial charge < -0.3 is 18.3 Å². The molecule has 0 saturated heterocycles. The summed E-state index contributed by atoms with van der Waals surface area (Å²) in [5, 5.41) is -0.0318. The van der Waals surface area contributed by atoms with Crippen LogP contribution in [-0.2, 0) is 23.1 Å². The molecule has 274 valence electrons. The lowest BCUT2D eigenvalue weighted by Gasteiger charge is -2.51. The van der Waals surface area contributed by atoms with E-state index >= 15 is 0 Å². The van der Waals surface area contributed by atoms with Gasteiger partial charge in [-0.25, -0.2) is 4.79 Å². The summed E-state index contributed by atoms with van der Waals surface area (Å²) in [6.45, 7) is 38.1. The van der Waals surface area contributed by atoms with Gasteiger partial charge in [-0.3, -0.25) is 0 Å². The molecule has 0 aliphatic heterocycles. The van der Waals surface area contributed by atoms with Crippen LogP contribution in [0.5, 0.6) is 0 Å². The molecule has 5 nitrogen and oxygen atoms in total. The van der Waals surface area contributed by atoms with Crippen LogP contribution in [0, 0.1) is 11.3 Å². The summed E-state index contributed by atoms with van der Waals surface area (Å²) in [4.78, 5) is 13.4. The van der Waals surface area contributed by atoms with Gasteiger partial charge in [0.1, 0.15) is 12.2 Å². The quantitative estimate of drug-likeness (QED) is 0.0878. The maximum atomic E-state index is 13.4. The highest BCUT2D eigenvalue weighted by Crippen LogP contribution is 2.56. The Bertz CT molecular complexity index is 1270. The minimum atomic E-state index is -2.37.